The quantitative estimate of drug-likeness (QED) is 0.630. The number of guanidine groups is 1. The first-order chi connectivity index (χ1) is 11.4. The largest absolute Gasteiger partial charge is 0.357 e. The second-order valence-electron chi connectivity index (χ2n) is 6.60. The first kappa shape index (κ1) is 18.0. The molecule has 6 nitrogen and oxygen atoms in total. The highest BCUT2D eigenvalue weighted by molar-refractivity contribution is 5.79. The van der Waals surface area contributed by atoms with Crippen molar-refractivity contribution < 1.29 is 0 Å². The molecule has 1 aromatic heterocycles. The Labute approximate surface area is 144 Å². The van der Waals surface area contributed by atoms with Crippen LogP contribution in [-0.2, 0) is 19.0 Å². The fourth-order valence-corrected chi connectivity index (χ4v) is 2.37. The molecule has 2 N–H and O–H groups in total. The van der Waals surface area contributed by atoms with E-state index in [4.69, 9.17) is 0 Å². The normalized spacial score (nSPS) is 12.3. The number of hydrogen-bond donors (Lipinski definition) is 2. The van der Waals surface area contributed by atoms with Crippen LogP contribution < -0.4 is 10.6 Å². The SMILES string of the molecule is CCNC(=NCc1ncnn1C)NCC(C)(C)c1ccc(C)cc1. The molecule has 2 aromatic rings. The third-order valence-electron chi connectivity index (χ3n) is 4.06. The minimum absolute atomic E-state index is 0.00860. The Morgan fingerprint density at radius 2 is 1.92 bits per heavy atom. The van der Waals surface area contributed by atoms with E-state index < -0.39 is 0 Å². The minimum Gasteiger partial charge on any atom is -0.357 e. The van der Waals surface area contributed by atoms with Gasteiger partial charge in [-0.3, -0.25) is 4.68 Å². The minimum atomic E-state index is 0.00860. The molecule has 0 aliphatic heterocycles. The summed E-state index contributed by atoms with van der Waals surface area (Å²) in [5.74, 6) is 1.63. The van der Waals surface area contributed by atoms with Gasteiger partial charge >= 0.3 is 0 Å². The lowest BCUT2D eigenvalue weighted by Crippen LogP contribution is -2.43. The first-order valence-corrected chi connectivity index (χ1v) is 8.34. The predicted molar refractivity (Wildman–Crippen MR) is 98.0 cm³/mol. The van der Waals surface area contributed by atoms with Crippen LogP contribution in [0.4, 0.5) is 0 Å². The lowest BCUT2D eigenvalue weighted by atomic mass is 9.84. The van der Waals surface area contributed by atoms with Gasteiger partial charge in [-0.05, 0) is 19.4 Å². The average molecular weight is 328 g/mol. The Balaban J connectivity index is 2.02. The lowest BCUT2D eigenvalue weighted by Gasteiger charge is -2.27. The van der Waals surface area contributed by atoms with Crippen molar-refractivity contribution in [1.29, 1.82) is 0 Å². The highest BCUT2D eigenvalue weighted by atomic mass is 15.3. The Morgan fingerprint density at radius 1 is 1.21 bits per heavy atom. The fraction of sp³-hybridized carbons (Fsp3) is 0.500. The van der Waals surface area contributed by atoms with Crippen LogP contribution in [-0.4, -0.2) is 33.8 Å². The van der Waals surface area contributed by atoms with E-state index in [2.05, 4.69) is 77.7 Å². The standard InChI is InChI=1S/C18H28N6/c1-6-19-17(20-11-16-22-13-23-24(16)5)21-12-18(3,4)15-9-7-14(2)8-10-15/h7-10,13H,6,11-12H2,1-5H3,(H2,19,20,21). The van der Waals surface area contributed by atoms with Crippen LogP contribution in [0, 0.1) is 6.92 Å². The Hall–Kier alpha value is -2.37. The molecule has 0 bridgehead atoms. The van der Waals surface area contributed by atoms with Gasteiger partial charge in [0, 0.05) is 25.6 Å². The molecule has 0 unspecified atom stereocenters. The van der Waals surface area contributed by atoms with Crippen molar-refractivity contribution in [3.8, 4) is 0 Å². The molecule has 0 saturated heterocycles. The van der Waals surface area contributed by atoms with E-state index in [-0.39, 0.29) is 5.41 Å². The zero-order valence-electron chi connectivity index (χ0n) is 15.3. The summed E-state index contributed by atoms with van der Waals surface area (Å²) in [5, 5.41) is 10.8. The van der Waals surface area contributed by atoms with Crippen molar-refractivity contribution in [2.24, 2.45) is 12.0 Å². The number of hydrogen-bond acceptors (Lipinski definition) is 3. The van der Waals surface area contributed by atoms with E-state index in [1.165, 1.54) is 11.1 Å². The van der Waals surface area contributed by atoms with Gasteiger partial charge < -0.3 is 10.6 Å². The Morgan fingerprint density at radius 3 is 2.50 bits per heavy atom. The molecule has 6 heteroatoms. The van der Waals surface area contributed by atoms with Gasteiger partial charge in [-0.2, -0.15) is 5.10 Å². The number of nitrogens with zero attached hydrogens (tertiary/aromatic N) is 4. The van der Waals surface area contributed by atoms with Gasteiger partial charge in [0.05, 0.1) is 0 Å². The molecule has 130 valence electrons. The molecular formula is C18H28N6. The third kappa shape index (κ3) is 4.81. The van der Waals surface area contributed by atoms with E-state index in [9.17, 15) is 0 Å². The zero-order chi connectivity index (χ0) is 17.6. The molecule has 24 heavy (non-hydrogen) atoms. The molecular weight excluding hydrogens is 300 g/mol. The van der Waals surface area contributed by atoms with Crippen LogP contribution in [0.2, 0.25) is 0 Å². The van der Waals surface area contributed by atoms with Crippen LogP contribution in [0.25, 0.3) is 0 Å². The van der Waals surface area contributed by atoms with Crippen LogP contribution in [0.5, 0.6) is 0 Å². The highest BCUT2D eigenvalue weighted by Crippen LogP contribution is 2.22. The van der Waals surface area contributed by atoms with Crippen molar-refractivity contribution in [3.05, 3.63) is 47.5 Å². The van der Waals surface area contributed by atoms with Gasteiger partial charge in [-0.1, -0.05) is 43.7 Å². The topological polar surface area (TPSA) is 67.1 Å². The maximum atomic E-state index is 4.60. The zero-order valence-corrected chi connectivity index (χ0v) is 15.3. The van der Waals surface area contributed by atoms with Crippen LogP contribution >= 0.6 is 0 Å². The number of aryl methyl sites for hydroxylation is 2. The van der Waals surface area contributed by atoms with Crippen molar-refractivity contribution in [3.63, 3.8) is 0 Å². The van der Waals surface area contributed by atoms with Gasteiger partial charge in [0.1, 0.15) is 18.7 Å². The van der Waals surface area contributed by atoms with Crippen LogP contribution in [0.1, 0.15) is 37.7 Å². The van der Waals surface area contributed by atoms with Gasteiger partial charge in [0.2, 0.25) is 0 Å². The van der Waals surface area contributed by atoms with Crippen LogP contribution in [0.3, 0.4) is 0 Å². The number of nitrogens with one attached hydrogen (secondary N) is 2. The average Bonchev–Trinajstić information content (AvgIpc) is 2.96. The molecule has 0 aliphatic rings. The van der Waals surface area contributed by atoms with Gasteiger partial charge in [-0.15, -0.1) is 0 Å². The summed E-state index contributed by atoms with van der Waals surface area (Å²) in [6, 6.07) is 8.70. The number of aromatic nitrogens is 3. The maximum Gasteiger partial charge on any atom is 0.191 e. The first-order valence-electron chi connectivity index (χ1n) is 8.34. The number of benzene rings is 1. The van der Waals surface area contributed by atoms with Gasteiger partial charge in [0.25, 0.3) is 0 Å². The van der Waals surface area contributed by atoms with E-state index >= 15 is 0 Å². The van der Waals surface area contributed by atoms with Crippen molar-refractivity contribution in [1.82, 2.24) is 25.4 Å². The van der Waals surface area contributed by atoms with Crippen molar-refractivity contribution >= 4 is 5.96 Å². The van der Waals surface area contributed by atoms with E-state index in [0.29, 0.717) is 6.54 Å². The van der Waals surface area contributed by atoms with Gasteiger partial charge in [0.15, 0.2) is 5.96 Å². The maximum absolute atomic E-state index is 4.60. The van der Waals surface area contributed by atoms with Crippen molar-refractivity contribution in [2.75, 3.05) is 13.1 Å². The fourth-order valence-electron chi connectivity index (χ4n) is 2.37. The molecule has 0 saturated carbocycles. The lowest BCUT2D eigenvalue weighted by molar-refractivity contribution is 0.508. The third-order valence-corrected chi connectivity index (χ3v) is 4.06. The molecule has 0 radical (unpaired) electrons. The van der Waals surface area contributed by atoms with E-state index in [0.717, 1.165) is 24.9 Å². The molecule has 0 aliphatic carbocycles. The number of aliphatic imine (C=N–C) groups is 1. The monoisotopic (exact) mass is 328 g/mol. The molecule has 0 spiro atoms. The molecule has 0 fully saturated rings. The second kappa shape index (κ2) is 7.95. The molecule has 2 rings (SSSR count). The summed E-state index contributed by atoms with van der Waals surface area (Å²) in [7, 11) is 1.87. The second-order valence-corrected chi connectivity index (χ2v) is 6.60. The summed E-state index contributed by atoms with van der Waals surface area (Å²) in [4.78, 5) is 8.80. The van der Waals surface area contributed by atoms with E-state index in [1.54, 1.807) is 11.0 Å². The molecule has 1 heterocycles. The number of rotatable bonds is 6. The predicted octanol–water partition coefficient (Wildman–Crippen LogP) is 2.16. The van der Waals surface area contributed by atoms with E-state index in [1.807, 2.05) is 7.05 Å². The summed E-state index contributed by atoms with van der Waals surface area (Å²) in [6.07, 6.45) is 1.55. The van der Waals surface area contributed by atoms with Crippen LogP contribution in [0.15, 0.2) is 35.6 Å². The summed E-state index contributed by atoms with van der Waals surface area (Å²) >= 11 is 0. The highest BCUT2D eigenvalue weighted by Gasteiger charge is 2.20. The Kier molecular flexibility index (Phi) is 5.95. The van der Waals surface area contributed by atoms with Crippen molar-refractivity contribution in [2.45, 2.75) is 39.7 Å². The van der Waals surface area contributed by atoms with Gasteiger partial charge in [-0.25, -0.2) is 9.98 Å². The summed E-state index contributed by atoms with van der Waals surface area (Å²) in [6.45, 7) is 10.7. The Bertz CT molecular complexity index is 669. The summed E-state index contributed by atoms with van der Waals surface area (Å²) < 4.78 is 1.74. The molecule has 1 aromatic carbocycles. The smallest absolute Gasteiger partial charge is 0.191 e. The molecule has 0 amide bonds. The summed E-state index contributed by atoms with van der Waals surface area (Å²) in [5.41, 5.74) is 2.60. The molecule has 0 atom stereocenters.